The molecule has 2 rings (SSSR count). The summed E-state index contributed by atoms with van der Waals surface area (Å²) in [6.07, 6.45) is 1.85. The molecule has 1 aromatic heterocycles. The Morgan fingerprint density at radius 1 is 1.24 bits per heavy atom. The van der Waals surface area contributed by atoms with E-state index in [-0.39, 0.29) is 5.03 Å². The van der Waals surface area contributed by atoms with Gasteiger partial charge in [-0.25, -0.2) is 13.4 Å². The second kappa shape index (κ2) is 4.80. The van der Waals surface area contributed by atoms with Gasteiger partial charge in [0.25, 0.3) is 0 Å². The molecule has 1 heterocycles. The van der Waals surface area contributed by atoms with E-state index in [0.717, 1.165) is 9.77 Å². The molecular weight excluding hydrogens is 274 g/mol. The Morgan fingerprint density at radius 2 is 1.88 bits per heavy atom. The highest BCUT2D eigenvalue weighted by Crippen LogP contribution is 2.31. The van der Waals surface area contributed by atoms with Crippen LogP contribution in [0.5, 0.6) is 0 Å². The van der Waals surface area contributed by atoms with Gasteiger partial charge in [-0.1, -0.05) is 17.7 Å². The van der Waals surface area contributed by atoms with E-state index < -0.39 is 9.84 Å². The van der Waals surface area contributed by atoms with Crippen molar-refractivity contribution in [3.05, 3.63) is 35.3 Å². The molecule has 0 aliphatic heterocycles. The fraction of sp³-hybridized carbons (Fsp3) is 0.182. The number of aromatic nitrogens is 1. The van der Waals surface area contributed by atoms with Gasteiger partial charge in [-0.3, -0.25) is 0 Å². The van der Waals surface area contributed by atoms with Crippen LogP contribution in [-0.2, 0) is 9.84 Å². The maximum Gasteiger partial charge on any atom is 0.225 e. The van der Waals surface area contributed by atoms with Gasteiger partial charge in [0, 0.05) is 0 Å². The van der Waals surface area contributed by atoms with E-state index in [1.807, 2.05) is 13.2 Å². The van der Waals surface area contributed by atoms with Crippen molar-refractivity contribution >= 4 is 32.9 Å². The van der Waals surface area contributed by atoms with E-state index in [1.165, 1.54) is 23.1 Å². The maximum absolute atomic E-state index is 12.3. The second-order valence-corrected chi connectivity index (χ2v) is 7.26. The molecule has 0 N–H and O–H groups in total. The summed E-state index contributed by atoms with van der Waals surface area (Å²) in [7, 11) is -3.48. The first-order chi connectivity index (χ1) is 8.05. The predicted octanol–water partition coefficient (Wildman–Crippen LogP) is 3.01. The van der Waals surface area contributed by atoms with Crippen molar-refractivity contribution in [3.63, 3.8) is 0 Å². The van der Waals surface area contributed by atoms with Crippen LogP contribution < -0.4 is 0 Å². The van der Waals surface area contributed by atoms with Crippen LogP contribution in [0.15, 0.2) is 43.9 Å². The highest BCUT2D eigenvalue weighted by molar-refractivity contribution is 8.01. The quantitative estimate of drug-likeness (QED) is 0.813. The number of thioether (sulfide) groups is 1. The molecule has 0 fully saturated rings. The summed E-state index contributed by atoms with van der Waals surface area (Å²) >= 11 is 2.75. The van der Waals surface area contributed by atoms with Crippen molar-refractivity contribution in [3.8, 4) is 0 Å². The number of rotatable bonds is 3. The van der Waals surface area contributed by atoms with Crippen molar-refractivity contribution in [2.45, 2.75) is 21.1 Å². The van der Waals surface area contributed by atoms with Gasteiger partial charge in [0.1, 0.15) is 0 Å². The molecule has 0 aliphatic carbocycles. The SMILES string of the molecule is CSc1scnc1S(=O)(=O)c1ccc(C)cc1. The van der Waals surface area contributed by atoms with Gasteiger partial charge in [-0.15, -0.1) is 23.1 Å². The lowest BCUT2D eigenvalue weighted by molar-refractivity contribution is 0.591. The highest BCUT2D eigenvalue weighted by atomic mass is 32.2. The van der Waals surface area contributed by atoms with Crippen LogP contribution in [0.4, 0.5) is 0 Å². The molecule has 0 saturated heterocycles. The van der Waals surface area contributed by atoms with Gasteiger partial charge in [0.05, 0.1) is 14.6 Å². The lowest BCUT2D eigenvalue weighted by atomic mass is 10.2. The average Bonchev–Trinajstić information content (AvgIpc) is 2.78. The predicted molar refractivity (Wildman–Crippen MR) is 70.5 cm³/mol. The van der Waals surface area contributed by atoms with Crippen LogP contribution in [0.25, 0.3) is 0 Å². The molecule has 3 nitrogen and oxygen atoms in total. The number of thiazole rings is 1. The van der Waals surface area contributed by atoms with Crippen LogP contribution in [-0.4, -0.2) is 19.7 Å². The molecule has 17 heavy (non-hydrogen) atoms. The topological polar surface area (TPSA) is 47.0 Å². The molecular formula is C11H11NO2S3. The van der Waals surface area contributed by atoms with E-state index in [0.29, 0.717) is 4.90 Å². The number of benzene rings is 1. The Balaban J connectivity index is 2.54. The third kappa shape index (κ3) is 2.38. The van der Waals surface area contributed by atoms with Gasteiger partial charge in [-0.05, 0) is 25.3 Å². The summed E-state index contributed by atoms with van der Waals surface area (Å²) < 4.78 is 25.4. The molecule has 2 aromatic rings. The van der Waals surface area contributed by atoms with Gasteiger partial charge in [0.2, 0.25) is 9.84 Å². The number of hydrogen-bond donors (Lipinski definition) is 0. The lowest BCUT2D eigenvalue weighted by Crippen LogP contribution is -2.03. The zero-order valence-electron chi connectivity index (χ0n) is 9.38. The molecule has 0 unspecified atom stereocenters. The first-order valence-electron chi connectivity index (χ1n) is 4.85. The molecule has 90 valence electrons. The summed E-state index contributed by atoms with van der Waals surface area (Å²) in [5, 5.41) is 0.166. The Morgan fingerprint density at radius 3 is 2.47 bits per heavy atom. The fourth-order valence-corrected chi connectivity index (χ4v) is 4.77. The maximum atomic E-state index is 12.3. The van der Waals surface area contributed by atoms with Crippen LogP contribution in [0, 0.1) is 6.92 Å². The minimum atomic E-state index is -3.48. The number of nitrogens with zero attached hydrogens (tertiary/aromatic N) is 1. The Hall–Kier alpha value is -0.850. The highest BCUT2D eigenvalue weighted by Gasteiger charge is 2.23. The third-order valence-electron chi connectivity index (χ3n) is 2.28. The summed E-state index contributed by atoms with van der Waals surface area (Å²) in [4.78, 5) is 4.26. The van der Waals surface area contributed by atoms with E-state index in [4.69, 9.17) is 0 Å². The first kappa shape index (κ1) is 12.6. The first-order valence-corrected chi connectivity index (χ1v) is 8.43. The van der Waals surface area contributed by atoms with Gasteiger partial charge in [-0.2, -0.15) is 0 Å². The van der Waals surface area contributed by atoms with Crippen LogP contribution in [0.1, 0.15) is 5.56 Å². The molecule has 6 heteroatoms. The fourth-order valence-electron chi connectivity index (χ4n) is 1.37. The number of hydrogen-bond acceptors (Lipinski definition) is 5. The number of sulfone groups is 1. The van der Waals surface area contributed by atoms with E-state index >= 15 is 0 Å². The molecule has 1 aromatic carbocycles. The van der Waals surface area contributed by atoms with E-state index in [9.17, 15) is 8.42 Å². The van der Waals surface area contributed by atoms with Gasteiger partial charge < -0.3 is 0 Å². The number of aryl methyl sites for hydroxylation is 1. The second-order valence-electron chi connectivity index (χ2n) is 3.47. The lowest BCUT2D eigenvalue weighted by Gasteiger charge is -2.03. The summed E-state index contributed by atoms with van der Waals surface area (Å²) in [5.74, 6) is 0. The zero-order chi connectivity index (χ0) is 12.5. The molecule has 0 spiro atoms. The van der Waals surface area contributed by atoms with Crippen molar-refractivity contribution in [1.29, 1.82) is 0 Å². The molecule has 0 radical (unpaired) electrons. The zero-order valence-corrected chi connectivity index (χ0v) is 11.8. The van der Waals surface area contributed by atoms with Crippen molar-refractivity contribution < 1.29 is 8.42 Å². The minimum Gasteiger partial charge on any atom is -0.232 e. The summed E-state index contributed by atoms with van der Waals surface area (Å²) in [6.45, 7) is 1.92. The largest absolute Gasteiger partial charge is 0.232 e. The Kier molecular flexibility index (Phi) is 3.56. The van der Waals surface area contributed by atoms with Crippen molar-refractivity contribution in [1.82, 2.24) is 4.98 Å². The van der Waals surface area contributed by atoms with Gasteiger partial charge >= 0.3 is 0 Å². The van der Waals surface area contributed by atoms with Crippen molar-refractivity contribution in [2.24, 2.45) is 0 Å². The third-order valence-corrected chi connectivity index (χ3v) is 6.22. The van der Waals surface area contributed by atoms with Crippen LogP contribution in [0.3, 0.4) is 0 Å². The minimum absolute atomic E-state index is 0.166. The normalized spacial score (nSPS) is 11.6. The van der Waals surface area contributed by atoms with Crippen LogP contribution in [0.2, 0.25) is 0 Å². The average molecular weight is 285 g/mol. The van der Waals surface area contributed by atoms with E-state index in [2.05, 4.69) is 4.98 Å². The molecule has 0 saturated carbocycles. The molecule has 0 aliphatic rings. The van der Waals surface area contributed by atoms with E-state index in [1.54, 1.807) is 29.8 Å². The monoisotopic (exact) mass is 285 g/mol. The standard InChI is InChI=1S/C11H11NO2S3/c1-8-3-5-9(6-4-8)17(13,14)10-11(15-2)16-7-12-10/h3-7H,1-2H3. The molecule has 0 amide bonds. The smallest absolute Gasteiger partial charge is 0.225 e. The molecule has 0 atom stereocenters. The van der Waals surface area contributed by atoms with Crippen LogP contribution >= 0.6 is 23.1 Å². The van der Waals surface area contributed by atoms with Gasteiger partial charge in [0.15, 0.2) is 5.03 Å². The Labute approximate surface area is 109 Å². The summed E-state index contributed by atoms with van der Waals surface area (Å²) in [6, 6.07) is 6.82. The molecule has 0 bridgehead atoms. The summed E-state index contributed by atoms with van der Waals surface area (Å²) in [5.41, 5.74) is 2.60. The van der Waals surface area contributed by atoms with Crippen molar-refractivity contribution in [2.75, 3.05) is 6.26 Å². The Bertz CT molecular complexity index is 614.